The summed E-state index contributed by atoms with van der Waals surface area (Å²) >= 11 is 0. The molecule has 2 heterocycles. The van der Waals surface area contributed by atoms with Crippen molar-refractivity contribution < 1.29 is 13.2 Å². The van der Waals surface area contributed by atoms with Crippen molar-refractivity contribution in [2.45, 2.75) is 19.3 Å². The van der Waals surface area contributed by atoms with Gasteiger partial charge in [0, 0.05) is 18.7 Å². The number of nitrogens with zero attached hydrogens (tertiary/aromatic N) is 3. The summed E-state index contributed by atoms with van der Waals surface area (Å²) in [6, 6.07) is 0. The molecular weight excluding hydrogens is 209 g/mol. The maximum atomic E-state index is 12.1. The number of rotatable bonds is 1. The van der Waals surface area contributed by atoms with E-state index in [0.29, 0.717) is 11.3 Å². The van der Waals surface area contributed by atoms with Gasteiger partial charge in [0.1, 0.15) is 12.1 Å². The number of alkyl halides is 3. The molecule has 1 aromatic heterocycles. The molecule has 0 saturated heterocycles. The van der Waals surface area contributed by atoms with E-state index >= 15 is 0 Å². The number of hydrogen-bond acceptors (Lipinski definition) is 4. The van der Waals surface area contributed by atoms with E-state index in [1.807, 2.05) is 0 Å². The summed E-state index contributed by atoms with van der Waals surface area (Å²) in [5.41, 5.74) is 6.74. The molecule has 0 radical (unpaired) electrons. The van der Waals surface area contributed by atoms with E-state index in [1.165, 1.54) is 11.2 Å². The van der Waals surface area contributed by atoms with Crippen LogP contribution in [0.2, 0.25) is 0 Å². The zero-order valence-corrected chi connectivity index (χ0v) is 7.75. The van der Waals surface area contributed by atoms with Crippen LogP contribution in [0.5, 0.6) is 0 Å². The monoisotopic (exact) mass is 218 g/mol. The smallest absolute Gasteiger partial charge is 0.383 e. The quantitative estimate of drug-likeness (QED) is 0.762. The molecule has 2 N–H and O–H groups in total. The first-order valence-electron chi connectivity index (χ1n) is 4.33. The Hall–Kier alpha value is -1.37. The molecule has 1 aliphatic heterocycles. The molecule has 0 atom stereocenters. The number of hydrogen-bond donors (Lipinski definition) is 1. The van der Waals surface area contributed by atoms with E-state index in [-0.39, 0.29) is 18.9 Å². The minimum atomic E-state index is -4.19. The van der Waals surface area contributed by atoms with Gasteiger partial charge in [-0.15, -0.1) is 0 Å². The molecule has 0 bridgehead atoms. The molecule has 0 unspecified atom stereocenters. The Morgan fingerprint density at radius 1 is 1.33 bits per heavy atom. The third-order valence-corrected chi connectivity index (χ3v) is 2.23. The second-order valence-electron chi connectivity index (χ2n) is 3.44. The zero-order valence-electron chi connectivity index (χ0n) is 7.75. The van der Waals surface area contributed by atoms with Gasteiger partial charge in [0.2, 0.25) is 0 Å². The second-order valence-corrected chi connectivity index (χ2v) is 3.44. The summed E-state index contributed by atoms with van der Waals surface area (Å²) < 4.78 is 36.4. The Labute approximate surface area is 83.9 Å². The number of nitrogen functional groups attached to an aromatic ring is 1. The standard InChI is InChI=1S/C8H9F3N4/c9-8(10,11)3-15-1-5-6(2-15)13-4-14-7(5)12/h4H,1-3H2,(H2,12,13,14). The highest BCUT2D eigenvalue weighted by atomic mass is 19.4. The summed E-state index contributed by atoms with van der Waals surface area (Å²) in [4.78, 5) is 8.89. The van der Waals surface area contributed by atoms with Crippen LogP contribution in [0.1, 0.15) is 11.3 Å². The van der Waals surface area contributed by atoms with E-state index < -0.39 is 12.7 Å². The van der Waals surface area contributed by atoms with Crippen LogP contribution in [0.25, 0.3) is 0 Å². The van der Waals surface area contributed by atoms with Gasteiger partial charge in [0.15, 0.2) is 0 Å². The lowest BCUT2D eigenvalue weighted by Crippen LogP contribution is -2.30. The normalized spacial score (nSPS) is 16.7. The third kappa shape index (κ3) is 2.17. The van der Waals surface area contributed by atoms with Crippen molar-refractivity contribution in [3.63, 3.8) is 0 Å². The molecule has 15 heavy (non-hydrogen) atoms. The second kappa shape index (κ2) is 3.34. The van der Waals surface area contributed by atoms with Gasteiger partial charge < -0.3 is 5.73 Å². The van der Waals surface area contributed by atoms with Crippen molar-refractivity contribution in [1.29, 1.82) is 0 Å². The highest BCUT2D eigenvalue weighted by Crippen LogP contribution is 2.27. The third-order valence-electron chi connectivity index (χ3n) is 2.23. The van der Waals surface area contributed by atoms with Crippen LogP contribution in [-0.4, -0.2) is 27.6 Å². The molecule has 0 fully saturated rings. The van der Waals surface area contributed by atoms with Gasteiger partial charge in [0.05, 0.1) is 12.2 Å². The fourth-order valence-corrected chi connectivity index (χ4v) is 1.63. The van der Waals surface area contributed by atoms with E-state index in [9.17, 15) is 13.2 Å². The molecule has 4 nitrogen and oxygen atoms in total. The average molecular weight is 218 g/mol. The number of anilines is 1. The topological polar surface area (TPSA) is 55.0 Å². The SMILES string of the molecule is Nc1ncnc2c1CN(CC(F)(F)F)C2. The van der Waals surface area contributed by atoms with Crippen LogP contribution in [0.15, 0.2) is 6.33 Å². The summed E-state index contributed by atoms with van der Waals surface area (Å²) in [5, 5.41) is 0. The Morgan fingerprint density at radius 3 is 2.67 bits per heavy atom. The largest absolute Gasteiger partial charge is 0.401 e. The van der Waals surface area contributed by atoms with Gasteiger partial charge in [-0.2, -0.15) is 13.2 Å². The molecule has 7 heteroatoms. The summed E-state index contributed by atoms with van der Waals surface area (Å²) in [6.45, 7) is -0.591. The van der Waals surface area contributed by atoms with Crippen molar-refractivity contribution in [2.75, 3.05) is 12.3 Å². The van der Waals surface area contributed by atoms with Crippen molar-refractivity contribution in [2.24, 2.45) is 0 Å². The van der Waals surface area contributed by atoms with E-state index in [2.05, 4.69) is 9.97 Å². The molecule has 0 spiro atoms. The lowest BCUT2D eigenvalue weighted by atomic mass is 10.2. The molecule has 0 aromatic carbocycles. The van der Waals surface area contributed by atoms with E-state index in [0.717, 1.165) is 0 Å². The van der Waals surface area contributed by atoms with Crippen molar-refractivity contribution in [3.05, 3.63) is 17.6 Å². The maximum Gasteiger partial charge on any atom is 0.401 e. The lowest BCUT2D eigenvalue weighted by Gasteiger charge is -2.16. The Kier molecular flexibility index (Phi) is 2.26. The molecule has 0 aliphatic carbocycles. The van der Waals surface area contributed by atoms with Crippen LogP contribution in [0.4, 0.5) is 19.0 Å². The van der Waals surface area contributed by atoms with E-state index in [1.54, 1.807) is 0 Å². The van der Waals surface area contributed by atoms with Crippen LogP contribution in [-0.2, 0) is 13.1 Å². The molecule has 0 saturated carbocycles. The Balaban J connectivity index is 2.13. The van der Waals surface area contributed by atoms with Crippen LogP contribution < -0.4 is 5.73 Å². The molecule has 1 aromatic rings. The minimum Gasteiger partial charge on any atom is -0.383 e. The molecule has 2 rings (SSSR count). The van der Waals surface area contributed by atoms with Gasteiger partial charge in [-0.05, 0) is 0 Å². The van der Waals surface area contributed by atoms with E-state index in [4.69, 9.17) is 5.73 Å². The molecule has 1 aliphatic rings. The van der Waals surface area contributed by atoms with Gasteiger partial charge in [-0.1, -0.05) is 0 Å². The predicted molar refractivity (Wildman–Crippen MR) is 46.6 cm³/mol. The van der Waals surface area contributed by atoms with Gasteiger partial charge in [0.25, 0.3) is 0 Å². The highest BCUT2D eigenvalue weighted by molar-refractivity contribution is 5.43. The van der Waals surface area contributed by atoms with Gasteiger partial charge in [-0.3, -0.25) is 4.90 Å². The minimum absolute atomic E-state index is 0.168. The first kappa shape index (κ1) is 10.2. The predicted octanol–water partition coefficient (Wildman–Crippen LogP) is 0.937. The molecule has 0 amide bonds. The number of nitrogens with two attached hydrogens (primary N) is 1. The van der Waals surface area contributed by atoms with Gasteiger partial charge >= 0.3 is 6.18 Å². The zero-order chi connectivity index (χ0) is 11.1. The Bertz CT molecular complexity index is 377. The number of aromatic nitrogens is 2. The number of fused-ring (bicyclic) bond motifs is 1. The maximum absolute atomic E-state index is 12.1. The van der Waals surface area contributed by atoms with Gasteiger partial charge in [-0.25, -0.2) is 9.97 Å². The van der Waals surface area contributed by atoms with Crippen molar-refractivity contribution >= 4 is 5.82 Å². The highest BCUT2D eigenvalue weighted by Gasteiger charge is 2.34. The van der Waals surface area contributed by atoms with Crippen molar-refractivity contribution in [1.82, 2.24) is 14.9 Å². The van der Waals surface area contributed by atoms with Crippen LogP contribution >= 0.6 is 0 Å². The average Bonchev–Trinajstić information content (AvgIpc) is 2.45. The van der Waals surface area contributed by atoms with Crippen molar-refractivity contribution in [3.8, 4) is 0 Å². The fourth-order valence-electron chi connectivity index (χ4n) is 1.63. The molecule has 82 valence electrons. The summed E-state index contributed by atoms with van der Waals surface area (Å²) in [5.74, 6) is 0.268. The van der Waals surface area contributed by atoms with Crippen LogP contribution in [0, 0.1) is 0 Å². The summed E-state index contributed by atoms with van der Waals surface area (Å²) in [6.07, 6.45) is -2.92. The van der Waals surface area contributed by atoms with Crippen LogP contribution in [0.3, 0.4) is 0 Å². The Morgan fingerprint density at radius 2 is 2.07 bits per heavy atom. The fraction of sp³-hybridized carbons (Fsp3) is 0.500. The summed E-state index contributed by atoms with van der Waals surface area (Å²) in [7, 11) is 0. The lowest BCUT2D eigenvalue weighted by molar-refractivity contribution is -0.147. The first-order valence-corrected chi connectivity index (χ1v) is 4.33. The number of halogens is 3. The first-order chi connectivity index (χ1) is 6.96. The molecular formula is C8H9F3N4.